The van der Waals surface area contributed by atoms with Crippen LogP contribution in [-0.4, -0.2) is 17.1 Å². The Hall–Kier alpha value is -2.10. The molecule has 2 aromatic carbocycles. The number of carbonyl (C=O) groups is 1. The summed E-state index contributed by atoms with van der Waals surface area (Å²) < 4.78 is 0. The first kappa shape index (κ1) is 15.4. The molecule has 1 aliphatic heterocycles. The number of rotatable bonds is 2. The SMILES string of the molecule is C/C=C1\C(=O)Nc2cc(Cl)c(-c3ccc(C4CC(O)C4)cc3)cc21. The second kappa shape index (κ2) is 5.76. The van der Waals surface area contributed by atoms with Crippen LogP contribution < -0.4 is 5.32 Å². The lowest BCUT2D eigenvalue weighted by atomic mass is 9.77. The van der Waals surface area contributed by atoms with Crippen LogP contribution in [0.2, 0.25) is 5.02 Å². The minimum absolute atomic E-state index is 0.0837. The number of aliphatic hydroxyl groups is 1. The van der Waals surface area contributed by atoms with Gasteiger partial charge in [-0.3, -0.25) is 4.79 Å². The van der Waals surface area contributed by atoms with Crippen molar-refractivity contribution < 1.29 is 9.90 Å². The maximum atomic E-state index is 12.0. The van der Waals surface area contributed by atoms with Crippen molar-refractivity contribution in [2.75, 3.05) is 5.32 Å². The van der Waals surface area contributed by atoms with Gasteiger partial charge in [-0.15, -0.1) is 0 Å². The first-order valence-corrected chi connectivity index (χ1v) is 8.54. The van der Waals surface area contributed by atoms with E-state index in [2.05, 4.69) is 29.6 Å². The molecule has 4 heteroatoms. The summed E-state index contributed by atoms with van der Waals surface area (Å²) in [7, 11) is 0. The Morgan fingerprint density at radius 2 is 1.88 bits per heavy atom. The first-order valence-electron chi connectivity index (χ1n) is 8.17. The van der Waals surface area contributed by atoms with Crippen molar-refractivity contribution in [1.82, 2.24) is 0 Å². The lowest BCUT2D eigenvalue weighted by Crippen LogP contribution is -2.26. The number of hydrogen-bond donors (Lipinski definition) is 2. The van der Waals surface area contributed by atoms with E-state index in [9.17, 15) is 9.90 Å². The number of halogens is 1. The van der Waals surface area contributed by atoms with Gasteiger partial charge in [-0.1, -0.05) is 41.9 Å². The summed E-state index contributed by atoms with van der Waals surface area (Å²) in [5, 5.41) is 12.9. The number of benzene rings is 2. The zero-order valence-electron chi connectivity index (χ0n) is 13.3. The predicted molar refractivity (Wildman–Crippen MR) is 97.2 cm³/mol. The number of anilines is 1. The summed E-state index contributed by atoms with van der Waals surface area (Å²) in [5.74, 6) is 0.376. The number of amides is 1. The molecule has 4 rings (SSSR count). The summed E-state index contributed by atoms with van der Waals surface area (Å²) in [4.78, 5) is 12.0. The fraction of sp³-hybridized carbons (Fsp3) is 0.250. The van der Waals surface area contributed by atoms with Gasteiger partial charge in [0.25, 0.3) is 5.91 Å². The Kier molecular flexibility index (Phi) is 3.70. The molecule has 1 aliphatic carbocycles. The standard InChI is InChI=1S/C20H18ClNO2/c1-2-15-17-9-16(18(21)10-19(17)22-20(15)24)12-5-3-11(4-6-12)13-7-14(23)8-13/h2-6,9-10,13-14,23H,7-8H2,1H3,(H,22,24)/b15-2-. The van der Waals surface area contributed by atoms with Crippen molar-refractivity contribution >= 4 is 28.8 Å². The fourth-order valence-electron chi connectivity index (χ4n) is 3.51. The van der Waals surface area contributed by atoms with E-state index in [-0.39, 0.29) is 12.0 Å². The van der Waals surface area contributed by atoms with Crippen LogP contribution in [0, 0.1) is 0 Å². The van der Waals surface area contributed by atoms with E-state index in [4.69, 9.17) is 11.6 Å². The second-order valence-corrected chi connectivity index (χ2v) is 6.89. The summed E-state index contributed by atoms with van der Waals surface area (Å²) in [6.45, 7) is 1.86. The van der Waals surface area contributed by atoms with Crippen LogP contribution in [0.15, 0.2) is 42.5 Å². The Bertz CT molecular complexity index is 849. The molecule has 0 bridgehead atoms. The van der Waals surface area contributed by atoms with Crippen LogP contribution in [0.5, 0.6) is 0 Å². The van der Waals surface area contributed by atoms with E-state index in [0.717, 1.165) is 35.2 Å². The third-order valence-corrected chi connectivity index (χ3v) is 5.30. The zero-order chi connectivity index (χ0) is 16.8. The average molecular weight is 340 g/mol. The molecule has 1 amide bonds. The molecular weight excluding hydrogens is 322 g/mol. The Morgan fingerprint density at radius 3 is 2.50 bits per heavy atom. The average Bonchev–Trinajstić information content (AvgIpc) is 2.85. The van der Waals surface area contributed by atoms with E-state index in [0.29, 0.717) is 16.5 Å². The quantitative estimate of drug-likeness (QED) is 0.785. The molecular formula is C20H18ClNO2. The van der Waals surface area contributed by atoms with Crippen LogP contribution in [0.1, 0.15) is 36.8 Å². The molecule has 122 valence electrons. The molecule has 1 heterocycles. The molecule has 0 unspecified atom stereocenters. The van der Waals surface area contributed by atoms with Crippen molar-refractivity contribution in [2.45, 2.75) is 31.8 Å². The van der Waals surface area contributed by atoms with Gasteiger partial charge in [0.15, 0.2) is 0 Å². The van der Waals surface area contributed by atoms with Gasteiger partial charge in [0.2, 0.25) is 0 Å². The number of hydrogen-bond acceptors (Lipinski definition) is 2. The van der Waals surface area contributed by atoms with Crippen LogP contribution in [-0.2, 0) is 4.79 Å². The maximum Gasteiger partial charge on any atom is 0.256 e. The van der Waals surface area contributed by atoms with Gasteiger partial charge in [0, 0.05) is 16.7 Å². The van der Waals surface area contributed by atoms with Gasteiger partial charge in [0.1, 0.15) is 0 Å². The number of aliphatic hydroxyl groups excluding tert-OH is 1. The third kappa shape index (κ3) is 2.45. The summed E-state index contributed by atoms with van der Waals surface area (Å²) >= 11 is 6.44. The van der Waals surface area contributed by atoms with E-state index >= 15 is 0 Å². The van der Waals surface area contributed by atoms with Gasteiger partial charge in [-0.05, 0) is 48.9 Å². The summed E-state index contributed by atoms with van der Waals surface area (Å²) in [6.07, 6.45) is 3.36. The topological polar surface area (TPSA) is 49.3 Å². The molecule has 0 atom stereocenters. The number of allylic oxidation sites excluding steroid dienone is 1. The monoisotopic (exact) mass is 339 g/mol. The number of fused-ring (bicyclic) bond motifs is 1. The number of nitrogens with one attached hydrogen (secondary N) is 1. The van der Waals surface area contributed by atoms with Gasteiger partial charge in [-0.25, -0.2) is 0 Å². The molecule has 2 aromatic rings. The van der Waals surface area contributed by atoms with E-state index < -0.39 is 0 Å². The first-order chi connectivity index (χ1) is 11.6. The highest BCUT2D eigenvalue weighted by atomic mass is 35.5. The normalized spacial score (nSPS) is 23.8. The fourth-order valence-corrected chi connectivity index (χ4v) is 3.79. The van der Waals surface area contributed by atoms with Crippen LogP contribution in [0.4, 0.5) is 5.69 Å². The van der Waals surface area contributed by atoms with Crippen LogP contribution in [0.25, 0.3) is 16.7 Å². The Balaban J connectivity index is 1.70. The van der Waals surface area contributed by atoms with E-state index in [1.54, 1.807) is 0 Å². The molecule has 0 radical (unpaired) electrons. The number of carbonyl (C=O) groups excluding carboxylic acids is 1. The minimum Gasteiger partial charge on any atom is -0.393 e. The second-order valence-electron chi connectivity index (χ2n) is 6.48. The summed E-state index contributed by atoms with van der Waals surface area (Å²) in [6, 6.07) is 12.1. The largest absolute Gasteiger partial charge is 0.393 e. The van der Waals surface area contributed by atoms with Crippen molar-refractivity contribution in [2.24, 2.45) is 0 Å². The molecule has 2 aliphatic rings. The van der Waals surface area contributed by atoms with Crippen molar-refractivity contribution in [3.8, 4) is 11.1 Å². The maximum absolute atomic E-state index is 12.0. The third-order valence-electron chi connectivity index (χ3n) is 4.99. The van der Waals surface area contributed by atoms with Gasteiger partial charge in [-0.2, -0.15) is 0 Å². The van der Waals surface area contributed by atoms with Gasteiger partial charge >= 0.3 is 0 Å². The highest BCUT2D eigenvalue weighted by Gasteiger charge is 2.28. The molecule has 2 N–H and O–H groups in total. The predicted octanol–water partition coefficient (Wildman–Crippen LogP) is 4.60. The summed E-state index contributed by atoms with van der Waals surface area (Å²) in [5.41, 5.74) is 5.55. The Labute approximate surface area is 146 Å². The lowest BCUT2D eigenvalue weighted by Gasteiger charge is -2.31. The van der Waals surface area contributed by atoms with E-state index in [1.807, 2.05) is 25.1 Å². The van der Waals surface area contributed by atoms with Crippen LogP contribution >= 0.6 is 11.6 Å². The highest BCUT2D eigenvalue weighted by Crippen LogP contribution is 2.41. The van der Waals surface area contributed by atoms with Crippen molar-refractivity contribution in [3.63, 3.8) is 0 Å². The van der Waals surface area contributed by atoms with Crippen molar-refractivity contribution in [1.29, 1.82) is 0 Å². The molecule has 1 saturated carbocycles. The molecule has 0 spiro atoms. The highest BCUT2D eigenvalue weighted by molar-refractivity contribution is 6.36. The minimum atomic E-state index is -0.148. The van der Waals surface area contributed by atoms with Crippen molar-refractivity contribution in [3.05, 3.63) is 58.6 Å². The smallest absolute Gasteiger partial charge is 0.256 e. The molecule has 3 nitrogen and oxygen atoms in total. The van der Waals surface area contributed by atoms with E-state index in [1.165, 1.54) is 5.56 Å². The molecule has 1 fully saturated rings. The zero-order valence-corrected chi connectivity index (χ0v) is 14.1. The molecule has 24 heavy (non-hydrogen) atoms. The van der Waals surface area contributed by atoms with Crippen LogP contribution in [0.3, 0.4) is 0 Å². The lowest BCUT2D eigenvalue weighted by molar-refractivity contribution is -0.110. The molecule has 0 aromatic heterocycles. The van der Waals surface area contributed by atoms with Gasteiger partial charge in [0.05, 0.1) is 16.8 Å². The van der Waals surface area contributed by atoms with Gasteiger partial charge < -0.3 is 10.4 Å². The Morgan fingerprint density at radius 1 is 1.17 bits per heavy atom. The molecule has 0 saturated heterocycles.